The molecule has 0 radical (unpaired) electrons. The van der Waals surface area contributed by atoms with Gasteiger partial charge in [-0.2, -0.15) is 0 Å². The largest absolute Gasteiger partial charge is 0.497 e. The molecule has 2 aromatic heterocycles. The molecule has 0 saturated heterocycles. The van der Waals surface area contributed by atoms with Crippen LogP contribution in [-0.2, 0) is 4.79 Å². The maximum absolute atomic E-state index is 12.9. The summed E-state index contributed by atoms with van der Waals surface area (Å²) < 4.78 is 7.24. The number of hydrogen-bond acceptors (Lipinski definition) is 6. The molecule has 0 aliphatic carbocycles. The van der Waals surface area contributed by atoms with Crippen molar-refractivity contribution in [3.8, 4) is 11.4 Å². The van der Waals surface area contributed by atoms with Crippen LogP contribution in [0.2, 0.25) is 0 Å². The highest BCUT2D eigenvalue weighted by Crippen LogP contribution is 2.25. The molecule has 4 aromatic rings. The molecule has 2 aromatic carbocycles. The van der Waals surface area contributed by atoms with Crippen LogP contribution in [0.4, 0.5) is 0 Å². The normalized spacial score (nSPS) is 11.7. The zero-order valence-corrected chi connectivity index (χ0v) is 18.6. The number of pyridine rings is 1. The van der Waals surface area contributed by atoms with E-state index in [9.17, 15) is 4.79 Å². The van der Waals surface area contributed by atoms with Gasteiger partial charge in [0.1, 0.15) is 11.6 Å². The topological polar surface area (TPSA) is 81.9 Å². The molecule has 162 valence electrons. The number of hydrogen-bond donors (Lipinski definition) is 1. The minimum atomic E-state index is -0.330. The molecule has 0 bridgehead atoms. The molecule has 7 nitrogen and oxygen atoms in total. The fourth-order valence-corrected chi connectivity index (χ4v) is 4.14. The number of rotatable bonds is 8. The Balaban J connectivity index is 1.50. The van der Waals surface area contributed by atoms with E-state index in [1.165, 1.54) is 11.8 Å². The summed E-state index contributed by atoms with van der Waals surface area (Å²) in [7, 11) is 1.63. The minimum absolute atomic E-state index is 0.118. The zero-order chi connectivity index (χ0) is 22.3. The molecule has 0 fully saturated rings. The highest BCUT2D eigenvalue weighted by Gasteiger charge is 2.19. The summed E-state index contributed by atoms with van der Waals surface area (Å²) in [5.41, 5.74) is 2.64. The van der Waals surface area contributed by atoms with Gasteiger partial charge >= 0.3 is 0 Å². The lowest BCUT2D eigenvalue weighted by Gasteiger charge is -2.19. The first kappa shape index (κ1) is 21.6. The third-order valence-electron chi connectivity index (χ3n) is 4.86. The van der Waals surface area contributed by atoms with Crippen molar-refractivity contribution in [1.82, 2.24) is 25.1 Å². The number of benzene rings is 2. The van der Waals surface area contributed by atoms with E-state index in [1.807, 2.05) is 84.3 Å². The van der Waals surface area contributed by atoms with E-state index in [0.29, 0.717) is 5.16 Å². The quantitative estimate of drug-likeness (QED) is 0.413. The molecule has 4 rings (SSSR count). The Bertz CT molecular complexity index is 1140. The molecule has 1 unspecified atom stereocenters. The maximum atomic E-state index is 12.9. The Morgan fingerprint density at radius 2 is 1.88 bits per heavy atom. The van der Waals surface area contributed by atoms with Crippen LogP contribution in [0.5, 0.6) is 5.75 Å². The Labute approximate surface area is 190 Å². The second kappa shape index (κ2) is 10.1. The van der Waals surface area contributed by atoms with Crippen molar-refractivity contribution in [3.05, 3.63) is 96.1 Å². The Hall–Kier alpha value is -3.65. The van der Waals surface area contributed by atoms with Gasteiger partial charge in [-0.25, -0.2) is 0 Å². The maximum Gasteiger partial charge on any atom is 0.231 e. The standard InChI is InChI=1S/C24H23N5O2S/c1-17-27-28-24(29(17)19-11-8-12-20(15-19)31-2)32-16-22(30)26-23(18-9-4-3-5-10-18)21-13-6-7-14-25-21/h3-15,23H,16H2,1-2H3,(H,26,30). The number of methoxy groups -OCH3 is 1. The second-order valence-corrected chi connectivity index (χ2v) is 7.96. The highest BCUT2D eigenvalue weighted by atomic mass is 32.2. The summed E-state index contributed by atoms with van der Waals surface area (Å²) in [6.45, 7) is 1.88. The second-order valence-electron chi connectivity index (χ2n) is 7.02. The lowest BCUT2D eigenvalue weighted by atomic mass is 10.0. The SMILES string of the molecule is COc1cccc(-n2c(C)nnc2SCC(=O)NC(c2ccccc2)c2ccccn2)c1. The van der Waals surface area contributed by atoms with Crippen LogP contribution < -0.4 is 10.1 Å². The van der Waals surface area contributed by atoms with Gasteiger partial charge in [-0.05, 0) is 36.8 Å². The number of carbonyl (C=O) groups excluding carboxylic acids is 1. The van der Waals surface area contributed by atoms with Crippen LogP contribution in [0.1, 0.15) is 23.1 Å². The average molecular weight is 446 g/mol. The molecule has 0 aliphatic heterocycles. The van der Waals surface area contributed by atoms with Crippen molar-refractivity contribution in [3.63, 3.8) is 0 Å². The van der Waals surface area contributed by atoms with Crippen LogP contribution in [0, 0.1) is 6.92 Å². The predicted octanol–water partition coefficient (Wildman–Crippen LogP) is 3.98. The Kier molecular flexibility index (Phi) is 6.81. The molecule has 32 heavy (non-hydrogen) atoms. The number of nitrogens with one attached hydrogen (secondary N) is 1. The van der Waals surface area contributed by atoms with E-state index >= 15 is 0 Å². The van der Waals surface area contributed by atoms with Crippen LogP contribution in [0.15, 0.2) is 84.1 Å². The van der Waals surface area contributed by atoms with Gasteiger partial charge in [0.2, 0.25) is 5.91 Å². The van der Waals surface area contributed by atoms with Gasteiger partial charge in [0, 0.05) is 12.3 Å². The molecule has 8 heteroatoms. The summed E-state index contributed by atoms with van der Waals surface area (Å²) in [5.74, 6) is 1.55. The number of nitrogens with zero attached hydrogens (tertiary/aromatic N) is 4. The lowest BCUT2D eigenvalue weighted by molar-refractivity contribution is -0.119. The van der Waals surface area contributed by atoms with Crippen molar-refractivity contribution in [2.45, 2.75) is 18.1 Å². The molecular weight excluding hydrogens is 422 g/mol. The van der Waals surface area contributed by atoms with Gasteiger partial charge in [-0.15, -0.1) is 10.2 Å². The van der Waals surface area contributed by atoms with Gasteiger partial charge in [0.15, 0.2) is 5.16 Å². The first-order chi connectivity index (χ1) is 15.7. The summed E-state index contributed by atoms with van der Waals surface area (Å²) in [6.07, 6.45) is 1.73. The number of ether oxygens (including phenoxy) is 1. The fraction of sp³-hybridized carbons (Fsp3) is 0.167. The smallest absolute Gasteiger partial charge is 0.231 e. The van der Waals surface area contributed by atoms with E-state index < -0.39 is 0 Å². The number of aromatic nitrogens is 4. The van der Waals surface area contributed by atoms with Crippen molar-refractivity contribution in [2.75, 3.05) is 12.9 Å². The number of amides is 1. The summed E-state index contributed by atoms with van der Waals surface area (Å²) in [4.78, 5) is 17.3. The first-order valence-corrected chi connectivity index (χ1v) is 11.1. The number of aryl methyl sites for hydroxylation is 1. The number of thioether (sulfide) groups is 1. The van der Waals surface area contributed by atoms with Crippen molar-refractivity contribution in [2.24, 2.45) is 0 Å². The molecular formula is C24H23N5O2S. The van der Waals surface area contributed by atoms with Crippen molar-refractivity contribution in [1.29, 1.82) is 0 Å². The Morgan fingerprint density at radius 1 is 1.06 bits per heavy atom. The van der Waals surface area contributed by atoms with Gasteiger partial charge in [0.05, 0.1) is 30.3 Å². The van der Waals surface area contributed by atoms with Gasteiger partial charge in [-0.1, -0.05) is 54.2 Å². The predicted molar refractivity (Wildman–Crippen MR) is 124 cm³/mol. The molecule has 1 amide bonds. The lowest BCUT2D eigenvalue weighted by Crippen LogP contribution is -2.31. The number of carbonyl (C=O) groups is 1. The van der Waals surface area contributed by atoms with Gasteiger partial charge < -0.3 is 10.1 Å². The summed E-state index contributed by atoms with van der Waals surface area (Å²) >= 11 is 1.33. The molecule has 0 saturated carbocycles. The van der Waals surface area contributed by atoms with Crippen molar-refractivity contribution >= 4 is 17.7 Å². The Morgan fingerprint density at radius 3 is 2.62 bits per heavy atom. The van der Waals surface area contributed by atoms with Gasteiger partial charge in [0.25, 0.3) is 0 Å². The molecule has 0 spiro atoms. The van der Waals surface area contributed by atoms with Gasteiger partial charge in [-0.3, -0.25) is 14.3 Å². The molecule has 1 N–H and O–H groups in total. The fourth-order valence-electron chi connectivity index (χ4n) is 3.34. The van der Waals surface area contributed by atoms with Crippen LogP contribution in [0.3, 0.4) is 0 Å². The van der Waals surface area contributed by atoms with Crippen LogP contribution in [-0.4, -0.2) is 38.5 Å². The molecule has 1 atom stereocenters. The summed E-state index contributed by atoms with van der Waals surface area (Å²) in [6, 6.07) is 22.8. The zero-order valence-electron chi connectivity index (χ0n) is 17.8. The minimum Gasteiger partial charge on any atom is -0.497 e. The highest BCUT2D eigenvalue weighted by molar-refractivity contribution is 7.99. The summed E-state index contributed by atoms with van der Waals surface area (Å²) in [5, 5.41) is 12.2. The average Bonchev–Trinajstić information content (AvgIpc) is 3.22. The third kappa shape index (κ3) is 4.97. The van der Waals surface area contributed by atoms with E-state index in [-0.39, 0.29) is 17.7 Å². The van der Waals surface area contributed by atoms with E-state index in [0.717, 1.165) is 28.5 Å². The molecule has 0 aliphatic rings. The van der Waals surface area contributed by atoms with Crippen molar-refractivity contribution < 1.29 is 9.53 Å². The van der Waals surface area contributed by atoms with E-state index in [2.05, 4.69) is 20.5 Å². The monoisotopic (exact) mass is 445 g/mol. The van der Waals surface area contributed by atoms with Crippen LogP contribution >= 0.6 is 11.8 Å². The van der Waals surface area contributed by atoms with E-state index in [4.69, 9.17) is 4.74 Å². The van der Waals surface area contributed by atoms with E-state index in [1.54, 1.807) is 13.3 Å². The first-order valence-electron chi connectivity index (χ1n) is 10.1. The van der Waals surface area contributed by atoms with Crippen LogP contribution in [0.25, 0.3) is 5.69 Å². The molecule has 2 heterocycles. The third-order valence-corrected chi connectivity index (χ3v) is 5.79.